The molecule has 0 aliphatic carbocycles. The van der Waals surface area contributed by atoms with E-state index in [1.54, 1.807) is 25.3 Å². The van der Waals surface area contributed by atoms with Gasteiger partial charge in [-0.2, -0.15) is 0 Å². The van der Waals surface area contributed by atoms with Crippen molar-refractivity contribution in [3.63, 3.8) is 0 Å². The minimum atomic E-state index is -3.51. The van der Waals surface area contributed by atoms with Gasteiger partial charge in [0.05, 0.1) is 11.5 Å². The molecular weight excluding hydrogens is 466 g/mol. The van der Waals surface area contributed by atoms with Crippen LogP contribution in [-0.4, -0.2) is 33.5 Å². The number of hydrogen-bond acceptors (Lipinski definition) is 3. The summed E-state index contributed by atoms with van der Waals surface area (Å²) >= 11 is 9.92. The van der Waals surface area contributed by atoms with Gasteiger partial charge in [-0.3, -0.25) is 0 Å². The van der Waals surface area contributed by atoms with E-state index < -0.39 is 10.0 Å². The van der Waals surface area contributed by atoms with Crippen molar-refractivity contribution in [1.29, 1.82) is 0 Å². The van der Waals surface area contributed by atoms with Crippen LogP contribution in [0.15, 0.2) is 32.0 Å². The van der Waals surface area contributed by atoms with Crippen molar-refractivity contribution in [1.82, 2.24) is 4.72 Å². The normalized spacial score (nSPS) is 13.5. The van der Waals surface area contributed by atoms with E-state index in [1.807, 2.05) is 0 Å². The lowest BCUT2D eigenvalue weighted by molar-refractivity contribution is 0.199. The molecule has 1 aromatic carbocycles. The SMILES string of the molecule is COCC(Br)CCNS(=O)(=O)c1cc(Br)ccc1Br. The number of hydrogen-bond donors (Lipinski definition) is 1. The lowest BCUT2D eigenvalue weighted by Crippen LogP contribution is -2.27. The van der Waals surface area contributed by atoms with E-state index in [0.717, 1.165) is 0 Å². The molecular formula is C11H14Br3NO3S. The van der Waals surface area contributed by atoms with E-state index in [1.165, 1.54) is 0 Å². The average Bonchev–Trinajstić information content (AvgIpc) is 2.32. The first-order chi connectivity index (χ1) is 8.86. The zero-order chi connectivity index (χ0) is 14.5. The van der Waals surface area contributed by atoms with Gasteiger partial charge in [0.15, 0.2) is 0 Å². The molecule has 0 bridgehead atoms. The molecule has 1 rings (SSSR count). The second kappa shape index (κ2) is 8.09. The fraction of sp³-hybridized carbons (Fsp3) is 0.455. The first kappa shape index (κ1) is 17.6. The summed E-state index contributed by atoms with van der Waals surface area (Å²) in [5, 5.41) is 0. The van der Waals surface area contributed by atoms with Gasteiger partial charge in [0.2, 0.25) is 10.0 Å². The first-order valence-electron chi connectivity index (χ1n) is 5.44. The van der Waals surface area contributed by atoms with Crippen LogP contribution < -0.4 is 4.72 Å². The lowest BCUT2D eigenvalue weighted by atomic mass is 10.3. The molecule has 1 atom stereocenters. The van der Waals surface area contributed by atoms with E-state index >= 15 is 0 Å². The maximum atomic E-state index is 12.1. The van der Waals surface area contributed by atoms with Gasteiger partial charge in [-0.15, -0.1) is 0 Å². The first-order valence-corrected chi connectivity index (χ1v) is 9.43. The predicted octanol–water partition coefficient (Wildman–Crippen LogP) is 3.29. The van der Waals surface area contributed by atoms with Gasteiger partial charge in [-0.25, -0.2) is 13.1 Å². The smallest absolute Gasteiger partial charge is 0.241 e. The van der Waals surface area contributed by atoms with Gasteiger partial charge in [-0.05, 0) is 40.5 Å². The fourth-order valence-electron chi connectivity index (χ4n) is 1.37. The molecule has 0 heterocycles. The van der Waals surface area contributed by atoms with Gasteiger partial charge >= 0.3 is 0 Å². The Morgan fingerprint density at radius 1 is 1.37 bits per heavy atom. The predicted molar refractivity (Wildman–Crippen MR) is 86.2 cm³/mol. The molecule has 0 fully saturated rings. The lowest BCUT2D eigenvalue weighted by Gasteiger charge is -2.11. The minimum Gasteiger partial charge on any atom is -0.384 e. The molecule has 8 heteroatoms. The van der Waals surface area contributed by atoms with Crippen LogP contribution in [0.4, 0.5) is 0 Å². The maximum Gasteiger partial charge on any atom is 0.241 e. The summed E-state index contributed by atoms with van der Waals surface area (Å²) in [6, 6.07) is 5.03. The monoisotopic (exact) mass is 477 g/mol. The van der Waals surface area contributed by atoms with E-state index in [-0.39, 0.29) is 9.72 Å². The van der Waals surface area contributed by atoms with Crippen LogP contribution in [0.3, 0.4) is 0 Å². The number of ether oxygens (including phenoxy) is 1. The molecule has 0 amide bonds. The number of benzene rings is 1. The highest BCUT2D eigenvalue weighted by molar-refractivity contribution is 9.11. The molecule has 108 valence electrons. The molecule has 1 N–H and O–H groups in total. The van der Waals surface area contributed by atoms with Gasteiger partial charge in [-0.1, -0.05) is 31.9 Å². The Bertz CT molecular complexity index is 522. The summed E-state index contributed by atoms with van der Waals surface area (Å²) in [5.41, 5.74) is 0. The zero-order valence-electron chi connectivity index (χ0n) is 10.2. The van der Waals surface area contributed by atoms with Crippen molar-refractivity contribution in [2.45, 2.75) is 16.1 Å². The molecule has 0 saturated carbocycles. The van der Waals surface area contributed by atoms with Crippen molar-refractivity contribution in [2.75, 3.05) is 20.3 Å². The maximum absolute atomic E-state index is 12.1. The number of nitrogens with one attached hydrogen (secondary N) is 1. The Morgan fingerprint density at radius 2 is 2.05 bits per heavy atom. The third kappa shape index (κ3) is 5.81. The topological polar surface area (TPSA) is 55.4 Å². The highest BCUT2D eigenvalue weighted by Gasteiger charge is 2.18. The molecule has 0 aliphatic heterocycles. The van der Waals surface area contributed by atoms with Crippen molar-refractivity contribution >= 4 is 57.8 Å². The van der Waals surface area contributed by atoms with E-state index in [0.29, 0.717) is 28.5 Å². The van der Waals surface area contributed by atoms with Gasteiger partial charge in [0.25, 0.3) is 0 Å². The van der Waals surface area contributed by atoms with E-state index in [4.69, 9.17) is 4.74 Å². The molecule has 0 aromatic heterocycles. The van der Waals surface area contributed by atoms with Crippen molar-refractivity contribution < 1.29 is 13.2 Å². The van der Waals surface area contributed by atoms with Crippen LogP contribution in [0, 0.1) is 0 Å². The third-order valence-corrected chi connectivity index (χ3v) is 5.95. The number of sulfonamides is 1. The van der Waals surface area contributed by atoms with Crippen LogP contribution in [0.25, 0.3) is 0 Å². The van der Waals surface area contributed by atoms with Gasteiger partial charge in [0.1, 0.15) is 0 Å². The average molecular weight is 480 g/mol. The van der Waals surface area contributed by atoms with Gasteiger partial charge in [0, 0.05) is 27.4 Å². The molecule has 1 unspecified atom stereocenters. The van der Waals surface area contributed by atoms with Crippen LogP contribution in [0.5, 0.6) is 0 Å². The van der Waals surface area contributed by atoms with Crippen molar-refractivity contribution in [2.24, 2.45) is 0 Å². The Labute approximate surface area is 138 Å². The van der Waals surface area contributed by atoms with Crippen LogP contribution in [0.1, 0.15) is 6.42 Å². The van der Waals surface area contributed by atoms with Gasteiger partial charge < -0.3 is 4.74 Å². The minimum absolute atomic E-state index is 0.131. The van der Waals surface area contributed by atoms with Crippen LogP contribution in [0.2, 0.25) is 0 Å². The molecule has 0 saturated heterocycles. The summed E-state index contributed by atoms with van der Waals surface area (Å²) in [4.78, 5) is 0.353. The Kier molecular flexibility index (Phi) is 7.49. The summed E-state index contributed by atoms with van der Waals surface area (Å²) in [6.07, 6.45) is 0.651. The second-order valence-electron chi connectivity index (χ2n) is 3.81. The largest absolute Gasteiger partial charge is 0.384 e. The number of rotatable bonds is 7. The van der Waals surface area contributed by atoms with E-state index in [9.17, 15) is 8.42 Å². The highest BCUT2D eigenvalue weighted by atomic mass is 79.9. The van der Waals surface area contributed by atoms with E-state index in [2.05, 4.69) is 52.5 Å². The van der Waals surface area contributed by atoms with Crippen LogP contribution >= 0.6 is 47.8 Å². The molecule has 0 spiro atoms. The molecule has 1 aromatic rings. The van der Waals surface area contributed by atoms with Crippen LogP contribution in [-0.2, 0) is 14.8 Å². The molecule has 0 aliphatic rings. The highest BCUT2D eigenvalue weighted by Crippen LogP contribution is 2.25. The zero-order valence-corrected chi connectivity index (χ0v) is 15.8. The Morgan fingerprint density at radius 3 is 2.68 bits per heavy atom. The summed E-state index contributed by atoms with van der Waals surface area (Å²) in [5.74, 6) is 0. The fourth-order valence-corrected chi connectivity index (χ4v) is 4.42. The summed E-state index contributed by atoms with van der Waals surface area (Å²) in [7, 11) is -1.90. The molecule has 4 nitrogen and oxygen atoms in total. The Balaban J connectivity index is 2.68. The number of alkyl halides is 1. The third-order valence-electron chi connectivity index (χ3n) is 2.28. The standard InChI is InChI=1S/C11H14Br3NO3S/c1-18-7-9(13)4-5-15-19(16,17)11-6-8(12)2-3-10(11)14/h2-3,6,9,15H,4-5,7H2,1H3. The molecule has 0 radical (unpaired) electrons. The number of methoxy groups -OCH3 is 1. The second-order valence-corrected chi connectivity index (χ2v) is 8.61. The summed E-state index contributed by atoms with van der Waals surface area (Å²) in [6.45, 7) is 0.892. The van der Waals surface area contributed by atoms with Crippen molar-refractivity contribution in [3.05, 3.63) is 27.1 Å². The quantitative estimate of drug-likeness (QED) is 0.610. The number of halogens is 3. The summed E-state index contributed by atoms with van der Waals surface area (Å²) < 4.78 is 33.1. The molecule has 19 heavy (non-hydrogen) atoms. The van der Waals surface area contributed by atoms with Crippen molar-refractivity contribution in [3.8, 4) is 0 Å². The Hall–Kier alpha value is 0.530.